The van der Waals surface area contributed by atoms with Gasteiger partial charge in [-0.05, 0) is 31.9 Å². The largest absolute Gasteiger partial charge is 0.463 e. The number of hydrogen-bond acceptors (Lipinski definition) is 9. The quantitative estimate of drug-likeness (QED) is 0.722. The molecule has 2 aromatic rings. The molecule has 10 nitrogen and oxygen atoms in total. The number of carbonyl (C=O) groups excluding carboxylic acids is 1. The minimum atomic E-state index is -1.53. The summed E-state index contributed by atoms with van der Waals surface area (Å²) in [6.07, 6.45) is -0.425. The van der Waals surface area contributed by atoms with E-state index in [-0.39, 0.29) is 24.3 Å². The predicted molar refractivity (Wildman–Crippen MR) is 104 cm³/mol. The van der Waals surface area contributed by atoms with Gasteiger partial charge in [0, 0.05) is 6.42 Å². The Balaban J connectivity index is 1.70. The van der Waals surface area contributed by atoms with Crippen molar-refractivity contribution in [3.8, 4) is 6.07 Å². The average Bonchev–Trinajstić information content (AvgIpc) is 3.31. The number of nitrogens with zero attached hydrogens (tertiary/aromatic N) is 4. The number of fused-ring (bicyclic) bond motifs is 2. The molecule has 0 aromatic carbocycles. The van der Waals surface area contributed by atoms with Crippen LogP contribution in [0.3, 0.4) is 0 Å². The van der Waals surface area contributed by atoms with E-state index in [4.69, 9.17) is 24.7 Å². The summed E-state index contributed by atoms with van der Waals surface area (Å²) < 4.78 is 25.2. The lowest BCUT2D eigenvalue weighted by atomic mass is 9.92. The summed E-state index contributed by atoms with van der Waals surface area (Å²) in [7, 11) is 0. The van der Waals surface area contributed by atoms with Crippen LogP contribution < -0.4 is 5.73 Å². The van der Waals surface area contributed by atoms with Gasteiger partial charge in [-0.1, -0.05) is 13.8 Å². The molecule has 2 fully saturated rings. The first kappa shape index (κ1) is 20.5. The molecule has 2 N–H and O–H groups in total. The Morgan fingerprint density at radius 1 is 1.37 bits per heavy atom. The molecule has 2 aliphatic heterocycles. The van der Waals surface area contributed by atoms with Crippen LogP contribution in [0, 0.1) is 17.2 Å². The monoisotopic (exact) mass is 415 g/mol. The van der Waals surface area contributed by atoms with Gasteiger partial charge in [-0.2, -0.15) is 10.4 Å². The average molecular weight is 415 g/mol. The van der Waals surface area contributed by atoms with Gasteiger partial charge in [-0.3, -0.25) is 4.79 Å². The highest BCUT2D eigenvalue weighted by atomic mass is 16.8. The standard InChI is InChI=1S/C20H25N5O5/c1-11(2)7-15(26)27-8-13-16-17(30-19(3,4)29-16)20(9-21,28-13)14-6-5-12-18(22)23-10-24-25(12)14/h5-6,10-11,13,16-17H,7-8H2,1-4H3,(H2,22,23,24)/t13-,16-,17-,20+/m1/s1. The Labute approximate surface area is 173 Å². The third kappa shape index (κ3) is 3.29. The summed E-state index contributed by atoms with van der Waals surface area (Å²) >= 11 is 0. The highest BCUT2D eigenvalue weighted by molar-refractivity contribution is 5.69. The molecule has 10 heteroatoms. The molecular formula is C20H25N5O5. The van der Waals surface area contributed by atoms with Gasteiger partial charge in [0.2, 0.25) is 5.60 Å². The topological polar surface area (TPSA) is 134 Å². The van der Waals surface area contributed by atoms with E-state index in [0.717, 1.165) is 0 Å². The van der Waals surface area contributed by atoms with E-state index in [1.54, 1.807) is 26.0 Å². The number of nitriles is 1. The zero-order chi connectivity index (χ0) is 21.7. The number of nitrogen functional groups attached to an aromatic ring is 1. The first-order chi connectivity index (χ1) is 14.2. The lowest BCUT2D eigenvalue weighted by Crippen LogP contribution is -2.40. The van der Waals surface area contributed by atoms with Crippen LogP contribution in [-0.4, -0.2) is 51.3 Å². The number of carbonyl (C=O) groups is 1. The van der Waals surface area contributed by atoms with Gasteiger partial charge in [-0.25, -0.2) is 9.50 Å². The van der Waals surface area contributed by atoms with Crippen molar-refractivity contribution in [1.82, 2.24) is 14.6 Å². The summed E-state index contributed by atoms with van der Waals surface area (Å²) in [5.74, 6) is -0.800. The number of ether oxygens (including phenoxy) is 4. The van der Waals surface area contributed by atoms with Crippen LogP contribution in [0.1, 0.15) is 39.8 Å². The minimum Gasteiger partial charge on any atom is -0.463 e. The lowest BCUT2D eigenvalue weighted by molar-refractivity contribution is -0.207. The molecule has 0 spiro atoms. The molecule has 0 aliphatic carbocycles. The summed E-state index contributed by atoms with van der Waals surface area (Å²) in [6, 6.07) is 5.69. The summed E-state index contributed by atoms with van der Waals surface area (Å²) in [6.45, 7) is 7.37. The Morgan fingerprint density at radius 2 is 2.13 bits per heavy atom. The summed E-state index contributed by atoms with van der Waals surface area (Å²) in [5.41, 5.74) is 5.41. The van der Waals surface area contributed by atoms with Gasteiger partial charge in [0.05, 0.1) is 5.69 Å². The number of nitrogens with two attached hydrogens (primary N) is 1. The lowest BCUT2D eigenvalue weighted by Gasteiger charge is -2.28. The van der Waals surface area contributed by atoms with Crippen LogP contribution in [0.15, 0.2) is 18.5 Å². The number of esters is 1. The molecule has 2 aliphatic rings. The van der Waals surface area contributed by atoms with Crippen molar-refractivity contribution in [2.75, 3.05) is 12.3 Å². The van der Waals surface area contributed by atoms with Crippen LogP contribution in [0.4, 0.5) is 5.82 Å². The fourth-order valence-electron chi connectivity index (χ4n) is 4.03. The van der Waals surface area contributed by atoms with Gasteiger partial charge < -0.3 is 24.7 Å². The maximum Gasteiger partial charge on any atom is 0.306 e. The van der Waals surface area contributed by atoms with Gasteiger partial charge in [0.15, 0.2) is 11.6 Å². The Kier molecular flexibility index (Phi) is 4.92. The van der Waals surface area contributed by atoms with Gasteiger partial charge in [0.25, 0.3) is 0 Å². The van der Waals surface area contributed by atoms with E-state index >= 15 is 0 Å². The van der Waals surface area contributed by atoms with Crippen molar-refractivity contribution in [1.29, 1.82) is 5.26 Å². The van der Waals surface area contributed by atoms with E-state index in [1.807, 2.05) is 13.8 Å². The molecular weight excluding hydrogens is 390 g/mol. The highest BCUT2D eigenvalue weighted by Gasteiger charge is 2.65. The second kappa shape index (κ2) is 7.19. The van der Waals surface area contributed by atoms with Gasteiger partial charge >= 0.3 is 5.97 Å². The molecule has 2 aromatic heterocycles. The van der Waals surface area contributed by atoms with Crippen LogP contribution in [-0.2, 0) is 29.3 Å². The van der Waals surface area contributed by atoms with Crippen LogP contribution in [0.2, 0.25) is 0 Å². The van der Waals surface area contributed by atoms with Crippen LogP contribution >= 0.6 is 0 Å². The molecule has 0 radical (unpaired) electrons. The highest BCUT2D eigenvalue weighted by Crippen LogP contribution is 2.49. The van der Waals surface area contributed by atoms with E-state index in [1.165, 1.54) is 10.8 Å². The second-order valence-electron chi connectivity index (χ2n) is 8.47. The Bertz CT molecular complexity index is 1010. The molecule has 0 saturated carbocycles. The normalized spacial score (nSPS) is 29.8. The van der Waals surface area contributed by atoms with E-state index in [0.29, 0.717) is 17.6 Å². The van der Waals surface area contributed by atoms with Crippen molar-refractivity contribution in [3.63, 3.8) is 0 Å². The Hall–Kier alpha value is -2.74. The summed E-state index contributed by atoms with van der Waals surface area (Å²) in [5, 5.41) is 14.5. The van der Waals surface area contributed by atoms with Crippen molar-refractivity contribution in [3.05, 3.63) is 24.2 Å². The molecule has 30 heavy (non-hydrogen) atoms. The zero-order valence-corrected chi connectivity index (χ0v) is 17.4. The van der Waals surface area contributed by atoms with Gasteiger partial charge in [-0.15, -0.1) is 0 Å². The van der Waals surface area contributed by atoms with E-state index in [9.17, 15) is 10.1 Å². The number of rotatable bonds is 5. The molecule has 0 bridgehead atoms. The number of aromatic nitrogens is 3. The fraction of sp³-hybridized carbons (Fsp3) is 0.600. The molecule has 2 saturated heterocycles. The second-order valence-corrected chi connectivity index (χ2v) is 8.47. The third-order valence-electron chi connectivity index (χ3n) is 5.25. The van der Waals surface area contributed by atoms with E-state index < -0.39 is 29.7 Å². The van der Waals surface area contributed by atoms with Crippen molar-refractivity contribution in [2.24, 2.45) is 5.92 Å². The summed E-state index contributed by atoms with van der Waals surface area (Å²) in [4.78, 5) is 16.0. The molecule has 0 amide bonds. The minimum absolute atomic E-state index is 0.0456. The maximum atomic E-state index is 12.1. The molecule has 4 atom stereocenters. The smallest absolute Gasteiger partial charge is 0.306 e. The Morgan fingerprint density at radius 3 is 2.83 bits per heavy atom. The van der Waals surface area contributed by atoms with Crippen molar-refractivity contribution >= 4 is 17.3 Å². The molecule has 4 rings (SSSR count). The number of hydrogen-bond donors (Lipinski definition) is 1. The number of anilines is 1. The van der Waals surface area contributed by atoms with Crippen molar-refractivity contribution < 1.29 is 23.7 Å². The van der Waals surface area contributed by atoms with Crippen LogP contribution in [0.25, 0.3) is 5.52 Å². The third-order valence-corrected chi connectivity index (χ3v) is 5.25. The molecule has 160 valence electrons. The molecule has 4 heterocycles. The molecule has 0 unspecified atom stereocenters. The first-order valence-electron chi connectivity index (χ1n) is 9.86. The predicted octanol–water partition coefficient (Wildman–Crippen LogP) is 1.54. The van der Waals surface area contributed by atoms with E-state index in [2.05, 4.69) is 16.2 Å². The maximum absolute atomic E-state index is 12.1. The van der Waals surface area contributed by atoms with Crippen molar-refractivity contribution in [2.45, 2.75) is 63.8 Å². The van der Waals surface area contributed by atoms with Gasteiger partial charge in [0.1, 0.15) is 42.8 Å². The van der Waals surface area contributed by atoms with Crippen LogP contribution in [0.5, 0.6) is 0 Å². The fourth-order valence-corrected chi connectivity index (χ4v) is 4.03. The SMILES string of the molecule is CC(C)CC(=O)OC[C@H]1O[C@@](C#N)(c2ccc3c(N)ncnn23)[C@@H]2OC(C)(C)O[C@@H]21. The first-order valence-corrected chi connectivity index (χ1v) is 9.86. The zero-order valence-electron chi connectivity index (χ0n) is 17.4.